The van der Waals surface area contributed by atoms with Gasteiger partial charge in [-0.2, -0.15) is 0 Å². The van der Waals surface area contributed by atoms with Gasteiger partial charge in [0.25, 0.3) is 0 Å². The Labute approximate surface area is 151 Å². The zero-order valence-electron chi connectivity index (χ0n) is 14.2. The molecule has 0 aliphatic carbocycles. The van der Waals surface area contributed by atoms with Crippen LogP contribution in [0.4, 0.5) is 15.6 Å². The average Bonchev–Trinajstić information content (AvgIpc) is 3.07. The largest absolute Gasteiger partial charge is 0.331 e. The van der Waals surface area contributed by atoms with Crippen molar-refractivity contribution in [2.75, 3.05) is 4.90 Å². The lowest BCUT2D eigenvalue weighted by Crippen LogP contribution is -2.46. The number of benzene rings is 1. The van der Waals surface area contributed by atoms with Gasteiger partial charge in [0.05, 0.1) is 12.6 Å². The average molecular weight is 349 g/mol. The van der Waals surface area contributed by atoms with Crippen LogP contribution >= 0.6 is 11.3 Å². The van der Waals surface area contributed by atoms with Crippen LogP contribution in [0.15, 0.2) is 60.1 Å². The number of pyridine rings is 1. The molecule has 1 aromatic carbocycles. The summed E-state index contributed by atoms with van der Waals surface area (Å²) in [7, 11) is 0. The van der Waals surface area contributed by atoms with Crippen LogP contribution in [0.5, 0.6) is 0 Å². The number of aryl methyl sites for hydroxylation is 1. The summed E-state index contributed by atoms with van der Waals surface area (Å²) < 4.78 is 0. The van der Waals surface area contributed by atoms with Crippen LogP contribution in [-0.4, -0.2) is 15.9 Å². The number of fused-ring (bicyclic) bond motifs is 1. The van der Waals surface area contributed by atoms with Crippen molar-refractivity contribution in [2.24, 2.45) is 0 Å². The van der Waals surface area contributed by atoms with E-state index in [0.29, 0.717) is 6.54 Å². The summed E-state index contributed by atoms with van der Waals surface area (Å²) in [5.41, 5.74) is 3.29. The fourth-order valence-corrected chi connectivity index (χ4v) is 4.14. The van der Waals surface area contributed by atoms with E-state index in [1.165, 1.54) is 0 Å². The van der Waals surface area contributed by atoms with Crippen molar-refractivity contribution < 1.29 is 4.79 Å². The summed E-state index contributed by atoms with van der Waals surface area (Å²) in [4.78, 5) is 21.5. The van der Waals surface area contributed by atoms with Crippen molar-refractivity contribution in [2.45, 2.75) is 26.4 Å². The monoisotopic (exact) mass is 349 g/mol. The number of rotatable bonds is 3. The van der Waals surface area contributed by atoms with E-state index in [9.17, 15) is 4.79 Å². The quantitative estimate of drug-likeness (QED) is 0.644. The molecule has 126 valence electrons. The lowest BCUT2D eigenvalue weighted by atomic mass is 10.0. The van der Waals surface area contributed by atoms with Crippen LogP contribution in [0.1, 0.15) is 29.7 Å². The topological polar surface area (TPSA) is 36.4 Å². The summed E-state index contributed by atoms with van der Waals surface area (Å²) in [6.07, 6.45) is 1.75. The Balaban J connectivity index is 1.80. The number of anilines is 2. The van der Waals surface area contributed by atoms with Crippen LogP contribution in [-0.2, 0) is 6.54 Å². The predicted octanol–water partition coefficient (Wildman–Crippen LogP) is 5.29. The van der Waals surface area contributed by atoms with Gasteiger partial charge in [-0.1, -0.05) is 36.4 Å². The molecule has 25 heavy (non-hydrogen) atoms. The molecule has 5 heteroatoms. The maximum absolute atomic E-state index is 13.4. The second kappa shape index (κ2) is 6.33. The first kappa shape index (κ1) is 15.8. The fraction of sp³-hybridized carbons (Fsp3) is 0.200. The van der Waals surface area contributed by atoms with Crippen LogP contribution in [0.3, 0.4) is 0 Å². The van der Waals surface area contributed by atoms with E-state index in [2.05, 4.69) is 30.1 Å². The predicted molar refractivity (Wildman–Crippen MR) is 101 cm³/mol. The van der Waals surface area contributed by atoms with Crippen molar-refractivity contribution in [1.29, 1.82) is 0 Å². The molecule has 1 unspecified atom stereocenters. The standard InChI is InChI=1S/C20H19N3OS/c1-14-10-12-25-19(14)23-18-17(9-6-11-21-18)13-22(20(23)24)15(2)16-7-4-3-5-8-16/h3-12,15H,13H2,1-2H3. The summed E-state index contributed by atoms with van der Waals surface area (Å²) in [6, 6.07) is 16.1. The Morgan fingerprint density at radius 1 is 1.12 bits per heavy atom. The van der Waals surface area contributed by atoms with Crippen molar-refractivity contribution >= 4 is 28.2 Å². The summed E-state index contributed by atoms with van der Waals surface area (Å²) in [5.74, 6) is 0.745. The Hall–Kier alpha value is -2.66. The van der Waals surface area contributed by atoms with Crippen molar-refractivity contribution in [3.63, 3.8) is 0 Å². The molecule has 4 nitrogen and oxygen atoms in total. The molecule has 1 atom stereocenters. The molecule has 0 bridgehead atoms. The first-order valence-corrected chi connectivity index (χ1v) is 9.18. The molecule has 3 heterocycles. The van der Waals surface area contributed by atoms with Gasteiger partial charge in [0, 0.05) is 11.8 Å². The third-order valence-corrected chi connectivity index (χ3v) is 5.64. The van der Waals surface area contributed by atoms with Gasteiger partial charge in [-0.15, -0.1) is 11.3 Å². The first-order valence-electron chi connectivity index (χ1n) is 8.30. The van der Waals surface area contributed by atoms with E-state index in [4.69, 9.17) is 0 Å². The number of carbonyl (C=O) groups is 1. The van der Waals surface area contributed by atoms with Gasteiger partial charge in [0.1, 0.15) is 10.8 Å². The highest BCUT2D eigenvalue weighted by Gasteiger charge is 2.36. The van der Waals surface area contributed by atoms with Crippen molar-refractivity contribution in [3.05, 3.63) is 76.8 Å². The minimum atomic E-state index is -0.0203. The molecule has 0 spiro atoms. The van der Waals surface area contributed by atoms with Gasteiger partial charge >= 0.3 is 6.03 Å². The summed E-state index contributed by atoms with van der Waals surface area (Å²) >= 11 is 1.57. The Morgan fingerprint density at radius 3 is 2.64 bits per heavy atom. The highest BCUT2D eigenvalue weighted by Crippen LogP contribution is 2.40. The molecule has 1 aliphatic rings. The zero-order valence-corrected chi connectivity index (χ0v) is 15.0. The normalized spacial score (nSPS) is 15.2. The SMILES string of the molecule is Cc1ccsc1N1C(=O)N(C(C)c2ccccc2)Cc2cccnc21. The number of urea groups is 1. The molecule has 2 amide bonds. The number of hydrogen-bond donors (Lipinski definition) is 0. The molecule has 0 saturated heterocycles. The second-order valence-electron chi connectivity index (χ2n) is 6.23. The van der Waals surface area contributed by atoms with Gasteiger partial charge in [0.2, 0.25) is 0 Å². The highest BCUT2D eigenvalue weighted by atomic mass is 32.1. The summed E-state index contributed by atoms with van der Waals surface area (Å²) in [5, 5.41) is 2.95. The lowest BCUT2D eigenvalue weighted by molar-refractivity contribution is 0.181. The highest BCUT2D eigenvalue weighted by molar-refractivity contribution is 7.14. The minimum Gasteiger partial charge on any atom is -0.313 e. The molecule has 0 saturated carbocycles. The van der Waals surface area contributed by atoms with Gasteiger partial charge in [-0.25, -0.2) is 14.7 Å². The Kier molecular flexibility index (Phi) is 4.01. The zero-order chi connectivity index (χ0) is 17.4. The first-order chi connectivity index (χ1) is 12.2. The number of amides is 2. The van der Waals surface area contributed by atoms with E-state index in [1.807, 2.05) is 47.5 Å². The number of thiophene rings is 1. The van der Waals surface area contributed by atoms with Gasteiger partial charge in [0.15, 0.2) is 0 Å². The number of carbonyl (C=O) groups excluding carboxylic acids is 1. The van der Waals surface area contributed by atoms with Gasteiger partial charge < -0.3 is 4.90 Å². The molecule has 2 aromatic heterocycles. The maximum Gasteiger partial charge on any atom is 0.331 e. The number of aromatic nitrogens is 1. The third kappa shape index (κ3) is 2.70. The Morgan fingerprint density at radius 2 is 1.92 bits per heavy atom. The number of hydrogen-bond acceptors (Lipinski definition) is 3. The van der Waals surface area contributed by atoms with Crippen LogP contribution in [0.25, 0.3) is 0 Å². The fourth-order valence-electron chi connectivity index (χ4n) is 3.22. The minimum absolute atomic E-state index is 0.00942. The van der Waals surface area contributed by atoms with Crippen LogP contribution in [0.2, 0.25) is 0 Å². The van der Waals surface area contributed by atoms with E-state index in [0.717, 1.165) is 27.5 Å². The molecule has 0 fully saturated rings. The second-order valence-corrected chi connectivity index (χ2v) is 7.12. The van der Waals surface area contributed by atoms with E-state index >= 15 is 0 Å². The maximum atomic E-state index is 13.4. The van der Waals surface area contributed by atoms with Gasteiger partial charge in [-0.3, -0.25) is 0 Å². The molecule has 3 aromatic rings. The smallest absolute Gasteiger partial charge is 0.313 e. The molecule has 1 aliphatic heterocycles. The van der Waals surface area contributed by atoms with Crippen molar-refractivity contribution in [3.8, 4) is 0 Å². The number of nitrogens with zero attached hydrogens (tertiary/aromatic N) is 3. The van der Waals surface area contributed by atoms with E-state index < -0.39 is 0 Å². The van der Waals surface area contributed by atoms with Crippen LogP contribution < -0.4 is 4.90 Å². The van der Waals surface area contributed by atoms with Crippen LogP contribution in [0, 0.1) is 6.92 Å². The Bertz CT molecular complexity index is 906. The molecule has 4 rings (SSSR count). The molecular weight excluding hydrogens is 330 g/mol. The molecule has 0 N–H and O–H groups in total. The third-order valence-electron chi connectivity index (χ3n) is 4.64. The molecule has 0 radical (unpaired) electrons. The van der Waals surface area contributed by atoms with Crippen molar-refractivity contribution in [1.82, 2.24) is 9.88 Å². The van der Waals surface area contributed by atoms with E-state index in [-0.39, 0.29) is 12.1 Å². The molecular formula is C20H19N3OS. The van der Waals surface area contributed by atoms with E-state index in [1.54, 1.807) is 22.4 Å². The lowest BCUT2D eigenvalue weighted by Gasteiger charge is -2.39. The van der Waals surface area contributed by atoms with Gasteiger partial charge in [-0.05, 0) is 42.5 Å². The summed E-state index contributed by atoms with van der Waals surface area (Å²) in [6.45, 7) is 4.67.